The van der Waals surface area contributed by atoms with Crippen LogP contribution < -0.4 is 0 Å². The Labute approximate surface area is 175 Å². The van der Waals surface area contributed by atoms with Crippen LogP contribution in [0.15, 0.2) is 0 Å². The Hall–Kier alpha value is -0.160. The van der Waals surface area contributed by atoms with Gasteiger partial charge in [-0.1, -0.05) is 33.6 Å². The summed E-state index contributed by atoms with van der Waals surface area (Å²) in [7, 11) is 2.27. The molecule has 4 heteroatoms. The van der Waals surface area contributed by atoms with Crippen molar-refractivity contribution in [3.05, 3.63) is 0 Å². The van der Waals surface area contributed by atoms with Crippen LogP contribution in [0.25, 0.3) is 0 Å². The number of hydrogen-bond donors (Lipinski definition) is 0. The zero-order valence-corrected chi connectivity index (χ0v) is 19.5. The van der Waals surface area contributed by atoms with Crippen LogP contribution in [0.3, 0.4) is 0 Å². The molecule has 1 unspecified atom stereocenters. The molecule has 3 fully saturated rings. The number of hydrogen-bond acceptors (Lipinski definition) is 4. The van der Waals surface area contributed by atoms with Gasteiger partial charge in [0.25, 0.3) is 0 Å². The third-order valence-electron chi connectivity index (χ3n) is 8.60. The summed E-state index contributed by atoms with van der Waals surface area (Å²) in [5.74, 6) is 0. The molecule has 3 rings (SSSR count). The molecule has 0 bridgehead atoms. The maximum atomic E-state index is 2.87. The summed E-state index contributed by atoms with van der Waals surface area (Å²) in [6.07, 6.45) is 11.0. The highest BCUT2D eigenvalue weighted by Gasteiger charge is 2.30. The fraction of sp³-hybridized carbons (Fsp3) is 1.00. The number of nitrogens with zero attached hydrogens (tertiary/aromatic N) is 4. The molecular weight excluding hydrogens is 344 g/mol. The van der Waals surface area contributed by atoms with E-state index in [0.29, 0.717) is 5.41 Å². The van der Waals surface area contributed by atoms with Crippen molar-refractivity contribution in [3.63, 3.8) is 0 Å². The van der Waals surface area contributed by atoms with Crippen molar-refractivity contribution in [2.75, 3.05) is 66.0 Å². The summed E-state index contributed by atoms with van der Waals surface area (Å²) >= 11 is 0. The van der Waals surface area contributed by atoms with E-state index >= 15 is 0 Å². The average molecular weight is 393 g/mol. The topological polar surface area (TPSA) is 13.0 Å². The minimum atomic E-state index is 0.555. The van der Waals surface area contributed by atoms with Crippen molar-refractivity contribution in [1.29, 1.82) is 0 Å². The molecule has 28 heavy (non-hydrogen) atoms. The first-order valence-corrected chi connectivity index (χ1v) is 12.4. The maximum absolute atomic E-state index is 2.87. The number of piperazine rings is 1. The van der Waals surface area contributed by atoms with Crippen molar-refractivity contribution >= 4 is 0 Å². The minimum Gasteiger partial charge on any atom is -0.304 e. The summed E-state index contributed by atoms with van der Waals surface area (Å²) in [4.78, 5) is 10.9. The van der Waals surface area contributed by atoms with E-state index in [2.05, 4.69) is 47.4 Å². The summed E-state index contributed by atoms with van der Waals surface area (Å²) in [6.45, 7) is 19.0. The zero-order valence-electron chi connectivity index (χ0n) is 19.5. The third kappa shape index (κ3) is 6.17. The van der Waals surface area contributed by atoms with Crippen molar-refractivity contribution < 1.29 is 0 Å². The van der Waals surface area contributed by atoms with E-state index in [1.807, 2.05) is 0 Å². The second-order valence-electron chi connectivity index (χ2n) is 10.3. The molecule has 0 radical (unpaired) electrons. The van der Waals surface area contributed by atoms with E-state index in [-0.39, 0.29) is 0 Å². The molecule has 4 nitrogen and oxygen atoms in total. The normalized spacial score (nSPS) is 28.5. The van der Waals surface area contributed by atoms with Crippen LogP contribution in [0.2, 0.25) is 0 Å². The second kappa shape index (κ2) is 10.7. The molecule has 1 atom stereocenters. The SMILES string of the molecule is CCC(C)(CC)CCN1CCC(N2CCCC(N3CCN(C)CC3)CC2)CC1. The largest absolute Gasteiger partial charge is 0.304 e. The van der Waals surface area contributed by atoms with Gasteiger partial charge in [-0.15, -0.1) is 0 Å². The zero-order chi connectivity index (χ0) is 20.0. The van der Waals surface area contributed by atoms with Gasteiger partial charge in [-0.25, -0.2) is 0 Å². The van der Waals surface area contributed by atoms with Crippen molar-refractivity contribution in [2.45, 2.75) is 84.2 Å². The van der Waals surface area contributed by atoms with Crippen LogP contribution >= 0.6 is 0 Å². The van der Waals surface area contributed by atoms with Crippen LogP contribution in [-0.2, 0) is 0 Å². The van der Waals surface area contributed by atoms with Crippen molar-refractivity contribution in [2.24, 2.45) is 5.41 Å². The van der Waals surface area contributed by atoms with Gasteiger partial charge in [0.1, 0.15) is 0 Å². The Bertz CT molecular complexity index is 434. The first-order chi connectivity index (χ1) is 13.5. The highest BCUT2D eigenvalue weighted by molar-refractivity contribution is 4.86. The summed E-state index contributed by atoms with van der Waals surface area (Å²) in [5.41, 5.74) is 0.555. The van der Waals surface area contributed by atoms with Crippen LogP contribution in [0.4, 0.5) is 0 Å². The molecule has 0 aliphatic carbocycles. The van der Waals surface area contributed by atoms with Gasteiger partial charge in [0, 0.05) is 38.3 Å². The molecule has 3 aliphatic heterocycles. The molecule has 0 amide bonds. The van der Waals surface area contributed by atoms with E-state index in [9.17, 15) is 0 Å². The summed E-state index contributed by atoms with van der Waals surface area (Å²) < 4.78 is 0. The van der Waals surface area contributed by atoms with Crippen molar-refractivity contribution in [1.82, 2.24) is 19.6 Å². The highest BCUT2D eigenvalue weighted by Crippen LogP contribution is 2.30. The van der Waals surface area contributed by atoms with Crippen LogP contribution in [-0.4, -0.2) is 97.6 Å². The molecule has 164 valence electrons. The van der Waals surface area contributed by atoms with E-state index in [1.54, 1.807) is 0 Å². The first kappa shape index (κ1) is 22.5. The molecule has 0 aromatic carbocycles. The molecule has 0 N–H and O–H groups in total. The standard InChI is InChI=1S/C24H48N4/c1-5-24(3,6-2)12-17-26-14-9-23(10-15-26)27-13-7-8-22(11-16-27)28-20-18-25(4)19-21-28/h22-23H,5-21H2,1-4H3. The Kier molecular flexibility index (Phi) is 8.64. The Morgan fingerprint density at radius 3 is 1.93 bits per heavy atom. The smallest absolute Gasteiger partial charge is 0.0120 e. The van der Waals surface area contributed by atoms with Crippen LogP contribution in [0.5, 0.6) is 0 Å². The molecule has 0 spiro atoms. The van der Waals surface area contributed by atoms with Gasteiger partial charge in [0.05, 0.1) is 0 Å². The number of rotatable bonds is 7. The molecule has 0 saturated carbocycles. The molecular formula is C24H48N4. The van der Waals surface area contributed by atoms with Gasteiger partial charge in [0.15, 0.2) is 0 Å². The molecule has 3 saturated heterocycles. The van der Waals surface area contributed by atoms with Gasteiger partial charge in [0.2, 0.25) is 0 Å². The molecule has 3 heterocycles. The number of piperidine rings is 1. The first-order valence-electron chi connectivity index (χ1n) is 12.4. The van der Waals surface area contributed by atoms with E-state index in [1.165, 1.54) is 110 Å². The van der Waals surface area contributed by atoms with E-state index < -0.39 is 0 Å². The Balaban J connectivity index is 1.39. The van der Waals surface area contributed by atoms with E-state index in [0.717, 1.165) is 12.1 Å². The summed E-state index contributed by atoms with van der Waals surface area (Å²) in [6, 6.07) is 1.70. The fourth-order valence-electron chi connectivity index (χ4n) is 5.56. The van der Waals surface area contributed by atoms with Gasteiger partial charge < -0.3 is 14.7 Å². The maximum Gasteiger partial charge on any atom is 0.0120 e. The van der Waals surface area contributed by atoms with Gasteiger partial charge in [-0.2, -0.15) is 0 Å². The van der Waals surface area contributed by atoms with Crippen molar-refractivity contribution in [3.8, 4) is 0 Å². The van der Waals surface area contributed by atoms with Gasteiger partial charge in [-0.05, 0) is 83.7 Å². The lowest BCUT2D eigenvalue weighted by Gasteiger charge is -2.40. The van der Waals surface area contributed by atoms with Crippen LogP contribution in [0.1, 0.15) is 72.1 Å². The summed E-state index contributed by atoms with van der Waals surface area (Å²) in [5, 5.41) is 0. The van der Waals surface area contributed by atoms with E-state index in [4.69, 9.17) is 0 Å². The Morgan fingerprint density at radius 2 is 1.29 bits per heavy atom. The average Bonchev–Trinajstić information content (AvgIpc) is 2.99. The minimum absolute atomic E-state index is 0.555. The fourth-order valence-corrected chi connectivity index (χ4v) is 5.56. The lowest BCUT2D eigenvalue weighted by molar-refractivity contribution is 0.0884. The lowest BCUT2D eigenvalue weighted by atomic mass is 9.81. The highest BCUT2D eigenvalue weighted by atomic mass is 15.3. The molecule has 0 aromatic heterocycles. The monoisotopic (exact) mass is 392 g/mol. The predicted octanol–water partition coefficient (Wildman–Crippen LogP) is 3.77. The number of likely N-dealkylation sites (N-methyl/N-ethyl adjacent to an activating group) is 1. The number of likely N-dealkylation sites (tertiary alicyclic amines) is 2. The lowest BCUT2D eigenvalue weighted by Crippen LogP contribution is -2.49. The van der Waals surface area contributed by atoms with Gasteiger partial charge >= 0.3 is 0 Å². The molecule has 0 aromatic rings. The quantitative estimate of drug-likeness (QED) is 0.654. The molecule has 3 aliphatic rings. The third-order valence-corrected chi connectivity index (χ3v) is 8.60. The van der Waals surface area contributed by atoms with Gasteiger partial charge in [-0.3, -0.25) is 4.90 Å². The predicted molar refractivity (Wildman–Crippen MR) is 121 cm³/mol. The second-order valence-corrected chi connectivity index (χ2v) is 10.3. The Morgan fingerprint density at radius 1 is 0.714 bits per heavy atom. The van der Waals surface area contributed by atoms with Crippen LogP contribution in [0, 0.1) is 5.41 Å².